The number of aromatic carboxylic acids is 1. The lowest BCUT2D eigenvalue weighted by atomic mass is 10.2. The zero-order valence-corrected chi connectivity index (χ0v) is 10.3. The van der Waals surface area contributed by atoms with Crippen LogP contribution in [0.4, 0.5) is 4.39 Å². The molecule has 0 aliphatic carbocycles. The van der Waals surface area contributed by atoms with E-state index in [1.807, 2.05) is 0 Å². The van der Waals surface area contributed by atoms with E-state index in [2.05, 4.69) is 0 Å². The van der Waals surface area contributed by atoms with E-state index in [0.29, 0.717) is 13.1 Å². The number of hydrogen-bond acceptors (Lipinski definition) is 3. The Hall–Kier alpha value is -1.47. The summed E-state index contributed by atoms with van der Waals surface area (Å²) in [6.07, 6.45) is 1.47. The molecule has 0 spiro atoms. The fraction of sp³-hybridized carbons (Fsp3) is 0.364. The maximum Gasteiger partial charge on any atom is 0.337 e. The molecule has 0 radical (unpaired) electrons. The molecule has 1 aliphatic heterocycles. The van der Waals surface area contributed by atoms with Crippen molar-refractivity contribution in [1.29, 1.82) is 0 Å². The Morgan fingerprint density at radius 2 is 1.89 bits per heavy atom. The Bertz CT molecular complexity index is 579. The van der Waals surface area contributed by atoms with Gasteiger partial charge in [-0.1, -0.05) is 0 Å². The van der Waals surface area contributed by atoms with Crippen molar-refractivity contribution in [3.63, 3.8) is 0 Å². The van der Waals surface area contributed by atoms with Crippen molar-refractivity contribution < 1.29 is 22.7 Å². The van der Waals surface area contributed by atoms with Crippen molar-refractivity contribution in [3.05, 3.63) is 29.6 Å². The zero-order valence-electron chi connectivity index (χ0n) is 9.47. The van der Waals surface area contributed by atoms with Crippen LogP contribution in [0.25, 0.3) is 0 Å². The Balaban J connectivity index is 2.55. The summed E-state index contributed by atoms with van der Waals surface area (Å²) in [5, 5.41) is 8.96. The lowest BCUT2D eigenvalue weighted by molar-refractivity contribution is 0.0692. The second-order valence-corrected chi connectivity index (χ2v) is 5.96. The highest BCUT2D eigenvalue weighted by Gasteiger charge is 2.31. The summed E-state index contributed by atoms with van der Waals surface area (Å²) in [6.45, 7) is 0.690. The van der Waals surface area contributed by atoms with Crippen LogP contribution in [0.2, 0.25) is 0 Å². The van der Waals surface area contributed by atoms with E-state index in [1.54, 1.807) is 0 Å². The standard InChI is InChI=1S/C11H12FNO4S/c12-8-3-4-9(11(14)15)10(7-8)18(16,17)13-5-1-2-6-13/h3-4,7H,1-2,5-6H2,(H,14,15). The first kappa shape index (κ1) is 13.0. The predicted octanol–water partition coefficient (Wildman–Crippen LogP) is 1.31. The molecule has 7 heteroatoms. The summed E-state index contributed by atoms with van der Waals surface area (Å²) in [5.74, 6) is -2.15. The number of nitrogens with zero attached hydrogens (tertiary/aromatic N) is 1. The molecule has 0 bridgehead atoms. The molecule has 5 nitrogen and oxygen atoms in total. The first-order valence-electron chi connectivity index (χ1n) is 5.46. The van der Waals surface area contributed by atoms with E-state index in [0.717, 1.165) is 31.0 Å². The monoisotopic (exact) mass is 273 g/mol. The molecule has 0 unspecified atom stereocenters. The molecule has 0 saturated carbocycles. The molecule has 1 aliphatic rings. The smallest absolute Gasteiger partial charge is 0.337 e. The molecule has 1 saturated heterocycles. The van der Waals surface area contributed by atoms with Crippen LogP contribution in [0.5, 0.6) is 0 Å². The van der Waals surface area contributed by atoms with Crippen molar-refractivity contribution in [2.75, 3.05) is 13.1 Å². The van der Waals surface area contributed by atoms with Crippen molar-refractivity contribution in [1.82, 2.24) is 4.31 Å². The molecular weight excluding hydrogens is 261 g/mol. The van der Waals surface area contributed by atoms with Crippen molar-refractivity contribution in [3.8, 4) is 0 Å². The molecule has 1 fully saturated rings. The van der Waals surface area contributed by atoms with Crippen LogP contribution in [-0.4, -0.2) is 36.9 Å². The maximum absolute atomic E-state index is 13.2. The molecule has 1 heterocycles. The number of rotatable bonds is 3. The normalized spacial score (nSPS) is 16.9. The number of halogens is 1. The quantitative estimate of drug-likeness (QED) is 0.901. The lowest BCUT2D eigenvalue weighted by Gasteiger charge is -2.16. The first-order valence-corrected chi connectivity index (χ1v) is 6.90. The van der Waals surface area contributed by atoms with Gasteiger partial charge in [0, 0.05) is 13.1 Å². The van der Waals surface area contributed by atoms with Gasteiger partial charge in [-0.25, -0.2) is 17.6 Å². The van der Waals surface area contributed by atoms with Gasteiger partial charge in [0.05, 0.1) is 10.5 Å². The van der Waals surface area contributed by atoms with Gasteiger partial charge in [-0.3, -0.25) is 0 Å². The molecule has 1 N–H and O–H groups in total. The molecule has 1 aromatic carbocycles. The molecule has 2 rings (SSSR count). The summed E-state index contributed by atoms with van der Waals surface area (Å²) in [5.41, 5.74) is -0.400. The van der Waals surface area contributed by atoms with Gasteiger partial charge in [0.2, 0.25) is 10.0 Å². The van der Waals surface area contributed by atoms with Crippen molar-refractivity contribution in [2.24, 2.45) is 0 Å². The van der Waals surface area contributed by atoms with Crippen LogP contribution in [0.1, 0.15) is 23.2 Å². The SMILES string of the molecule is O=C(O)c1ccc(F)cc1S(=O)(=O)N1CCCC1. The van der Waals surface area contributed by atoms with Crippen LogP contribution < -0.4 is 0 Å². The molecular formula is C11H12FNO4S. The average Bonchev–Trinajstić information content (AvgIpc) is 2.82. The summed E-state index contributed by atoms with van der Waals surface area (Å²) >= 11 is 0. The molecule has 18 heavy (non-hydrogen) atoms. The Morgan fingerprint density at radius 3 is 2.44 bits per heavy atom. The summed E-state index contributed by atoms with van der Waals surface area (Å²) < 4.78 is 38.8. The van der Waals surface area contributed by atoms with Crippen LogP contribution in [-0.2, 0) is 10.0 Å². The van der Waals surface area contributed by atoms with Crippen LogP contribution in [0, 0.1) is 5.82 Å². The van der Waals surface area contributed by atoms with Crippen molar-refractivity contribution in [2.45, 2.75) is 17.7 Å². The van der Waals surface area contributed by atoms with Gasteiger partial charge in [-0.2, -0.15) is 4.31 Å². The molecule has 0 atom stereocenters. The number of hydrogen-bond donors (Lipinski definition) is 1. The van der Waals surface area contributed by atoms with E-state index in [4.69, 9.17) is 5.11 Å². The van der Waals surface area contributed by atoms with Gasteiger partial charge in [-0.05, 0) is 31.0 Å². The van der Waals surface area contributed by atoms with Gasteiger partial charge in [0.25, 0.3) is 0 Å². The Morgan fingerprint density at radius 1 is 1.28 bits per heavy atom. The maximum atomic E-state index is 13.2. The number of carboxylic acids is 1. The number of benzene rings is 1. The minimum absolute atomic E-state index is 0.345. The average molecular weight is 273 g/mol. The predicted molar refractivity (Wildman–Crippen MR) is 61.4 cm³/mol. The molecule has 0 aromatic heterocycles. The third-order valence-corrected chi connectivity index (χ3v) is 4.80. The van der Waals surface area contributed by atoms with Crippen LogP contribution in [0.3, 0.4) is 0 Å². The second-order valence-electron chi connectivity index (χ2n) is 4.06. The second kappa shape index (κ2) is 4.66. The fourth-order valence-electron chi connectivity index (χ4n) is 1.95. The van der Waals surface area contributed by atoms with E-state index in [-0.39, 0.29) is 0 Å². The highest BCUT2D eigenvalue weighted by molar-refractivity contribution is 7.89. The zero-order chi connectivity index (χ0) is 13.3. The van der Waals surface area contributed by atoms with Crippen LogP contribution in [0.15, 0.2) is 23.1 Å². The molecule has 0 amide bonds. The van der Waals surface area contributed by atoms with Gasteiger partial charge < -0.3 is 5.11 Å². The summed E-state index contributed by atoms with van der Waals surface area (Å²) in [4.78, 5) is 10.5. The third kappa shape index (κ3) is 2.23. The summed E-state index contributed by atoms with van der Waals surface area (Å²) in [7, 11) is -3.92. The number of sulfonamides is 1. The van der Waals surface area contributed by atoms with Gasteiger partial charge >= 0.3 is 5.97 Å². The third-order valence-electron chi connectivity index (χ3n) is 2.86. The van der Waals surface area contributed by atoms with E-state index >= 15 is 0 Å². The van der Waals surface area contributed by atoms with E-state index in [1.165, 1.54) is 4.31 Å². The largest absolute Gasteiger partial charge is 0.478 e. The van der Waals surface area contributed by atoms with Gasteiger partial charge in [-0.15, -0.1) is 0 Å². The Labute approximate surface area is 104 Å². The fourth-order valence-corrected chi connectivity index (χ4v) is 3.67. The van der Waals surface area contributed by atoms with Crippen LogP contribution >= 0.6 is 0 Å². The van der Waals surface area contributed by atoms with E-state index in [9.17, 15) is 17.6 Å². The highest BCUT2D eigenvalue weighted by Crippen LogP contribution is 2.24. The Kier molecular flexibility index (Phi) is 3.36. The molecule has 1 aromatic rings. The van der Waals surface area contributed by atoms with Gasteiger partial charge in [0.1, 0.15) is 5.82 Å². The minimum atomic E-state index is -3.92. The van der Waals surface area contributed by atoms with Gasteiger partial charge in [0.15, 0.2) is 0 Å². The highest BCUT2D eigenvalue weighted by atomic mass is 32.2. The number of carbonyl (C=O) groups is 1. The lowest BCUT2D eigenvalue weighted by Crippen LogP contribution is -2.29. The minimum Gasteiger partial charge on any atom is -0.478 e. The topological polar surface area (TPSA) is 74.7 Å². The van der Waals surface area contributed by atoms with E-state index < -0.39 is 32.3 Å². The summed E-state index contributed by atoms with van der Waals surface area (Å²) in [6, 6.07) is 2.67. The first-order chi connectivity index (χ1) is 8.43. The number of carboxylic acid groups (broad SMARTS) is 1. The van der Waals surface area contributed by atoms with Crippen molar-refractivity contribution >= 4 is 16.0 Å². The molecule has 98 valence electrons.